The quantitative estimate of drug-likeness (QED) is 0.505. The summed E-state index contributed by atoms with van der Waals surface area (Å²) < 4.78 is 1.36. The fourth-order valence-electron chi connectivity index (χ4n) is 5.19. The van der Waals surface area contributed by atoms with E-state index in [4.69, 9.17) is 0 Å². The van der Waals surface area contributed by atoms with Crippen molar-refractivity contribution in [2.24, 2.45) is 5.92 Å². The van der Waals surface area contributed by atoms with Crippen LogP contribution in [0, 0.1) is 5.92 Å². The summed E-state index contributed by atoms with van der Waals surface area (Å²) in [7, 11) is 2.56. The molecular formula is C17H30N+. The molecule has 0 amide bonds. The minimum atomic E-state index is 0.508. The van der Waals surface area contributed by atoms with Crippen LogP contribution >= 0.6 is 0 Å². The summed E-state index contributed by atoms with van der Waals surface area (Å²) in [5, 5.41) is 0. The average molecular weight is 248 g/mol. The second-order valence-electron chi connectivity index (χ2n) is 7.45. The molecule has 1 aliphatic carbocycles. The molecule has 0 spiro atoms. The second-order valence-corrected chi connectivity index (χ2v) is 7.45. The van der Waals surface area contributed by atoms with Gasteiger partial charge in [-0.3, -0.25) is 0 Å². The molecular weight excluding hydrogens is 218 g/mol. The third-order valence-corrected chi connectivity index (χ3v) is 6.48. The van der Waals surface area contributed by atoms with Gasteiger partial charge in [0.25, 0.3) is 0 Å². The van der Waals surface area contributed by atoms with E-state index < -0.39 is 0 Å². The van der Waals surface area contributed by atoms with Crippen molar-refractivity contribution < 1.29 is 4.48 Å². The Bertz CT molecular complexity index is 370. The number of piperidine rings is 1. The topological polar surface area (TPSA) is 0 Å². The average Bonchev–Trinajstić information content (AvgIpc) is 2.81. The molecule has 0 radical (unpaired) electrons. The van der Waals surface area contributed by atoms with E-state index in [0.29, 0.717) is 5.54 Å². The van der Waals surface area contributed by atoms with E-state index in [1.807, 2.05) is 11.1 Å². The van der Waals surface area contributed by atoms with Gasteiger partial charge in [-0.15, -0.1) is 0 Å². The summed E-state index contributed by atoms with van der Waals surface area (Å²) in [6.07, 6.45) is 11.4. The Labute approximate surface area is 113 Å². The second kappa shape index (κ2) is 4.37. The van der Waals surface area contributed by atoms with Gasteiger partial charge in [0.1, 0.15) is 5.54 Å². The monoisotopic (exact) mass is 248 g/mol. The van der Waals surface area contributed by atoms with E-state index in [2.05, 4.69) is 20.9 Å². The number of nitrogens with zero attached hydrogens (tertiary/aromatic N) is 1. The van der Waals surface area contributed by atoms with Crippen LogP contribution in [-0.2, 0) is 0 Å². The van der Waals surface area contributed by atoms with Crippen LogP contribution in [0.25, 0.3) is 0 Å². The predicted octanol–water partition coefficient (Wildman–Crippen LogP) is 4.29. The molecule has 1 nitrogen and oxygen atoms in total. The lowest BCUT2D eigenvalue weighted by atomic mass is 9.71. The smallest absolute Gasteiger partial charge is 0.118 e. The van der Waals surface area contributed by atoms with Gasteiger partial charge >= 0.3 is 0 Å². The van der Waals surface area contributed by atoms with Crippen LogP contribution in [0.4, 0.5) is 0 Å². The lowest BCUT2D eigenvalue weighted by Crippen LogP contribution is -2.67. The summed E-state index contributed by atoms with van der Waals surface area (Å²) in [5.74, 6) is 0.997. The van der Waals surface area contributed by atoms with Crippen molar-refractivity contribution >= 4 is 0 Å². The van der Waals surface area contributed by atoms with Gasteiger partial charge in [-0.1, -0.05) is 18.9 Å². The Hall–Kier alpha value is -0.300. The number of hydrogen-bond acceptors (Lipinski definition) is 0. The largest absolute Gasteiger partial charge is 0.317 e. The molecule has 2 aliphatic heterocycles. The highest BCUT2D eigenvalue weighted by molar-refractivity contribution is 5.30. The molecule has 102 valence electrons. The highest BCUT2D eigenvalue weighted by Crippen LogP contribution is 2.51. The highest BCUT2D eigenvalue weighted by atomic mass is 15.4. The third-order valence-electron chi connectivity index (χ3n) is 6.48. The molecule has 0 N–H and O–H groups in total. The summed E-state index contributed by atoms with van der Waals surface area (Å²) in [6, 6.07) is 0. The number of quaternary nitrogens is 1. The van der Waals surface area contributed by atoms with Gasteiger partial charge in [0.15, 0.2) is 0 Å². The zero-order chi connectivity index (χ0) is 12.8. The van der Waals surface area contributed by atoms with Crippen molar-refractivity contribution in [2.45, 2.75) is 70.8 Å². The lowest BCUT2D eigenvalue weighted by molar-refractivity contribution is -0.961. The third kappa shape index (κ3) is 1.70. The molecule has 3 rings (SSSR count). The van der Waals surface area contributed by atoms with E-state index in [-0.39, 0.29) is 0 Å². The molecule has 1 heteroatoms. The minimum absolute atomic E-state index is 0.508. The molecule has 3 aliphatic rings. The van der Waals surface area contributed by atoms with Gasteiger partial charge < -0.3 is 4.48 Å². The zero-order valence-electron chi connectivity index (χ0n) is 12.6. The van der Waals surface area contributed by atoms with Crippen molar-refractivity contribution in [1.82, 2.24) is 0 Å². The molecule has 0 aromatic heterocycles. The molecule has 1 fully saturated rings. The van der Waals surface area contributed by atoms with Crippen LogP contribution in [0.3, 0.4) is 0 Å². The van der Waals surface area contributed by atoms with Crippen LogP contribution in [-0.4, -0.2) is 30.2 Å². The van der Waals surface area contributed by atoms with Gasteiger partial charge in [-0.25, -0.2) is 0 Å². The van der Waals surface area contributed by atoms with Crippen LogP contribution in [0.5, 0.6) is 0 Å². The van der Waals surface area contributed by atoms with E-state index >= 15 is 0 Å². The van der Waals surface area contributed by atoms with Crippen molar-refractivity contribution in [2.75, 3.05) is 20.1 Å². The summed E-state index contributed by atoms with van der Waals surface area (Å²) in [6.45, 7) is 7.80. The van der Waals surface area contributed by atoms with Gasteiger partial charge in [-0.05, 0) is 44.6 Å². The number of fused-ring (bicyclic) bond motifs is 2. The van der Waals surface area contributed by atoms with E-state index in [9.17, 15) is 0 Å². The molecule has 2 heterocycles. The summed E-state index contributed by atoms with van der Waals surface area (Å²) >= 11 is 0. The van der Waals surface area contributed by atoms with Crippen LogP contribution in [0.15, 0.2) is 11.1 Å². The Morgan fingerprint density at radius 1 is 1.28 bits per heavy atom. The molecule has 0 saturated carbocycles. The van der Waals surface area contributed by atoms with Crippen LogP contribution < -0.4 is 0 Å². The summed E-state index contributed by atoms with van der Waals surface area (Å²) in [5.41, 5.74) is 4.27. The standard InChI is InChI=1S/C17H30N/c1-4-6-14-9-11-17(2)16-8-5-7-15(16)10-12-18(17,3)13-14/h14H,4-13H2,1-3H3/q+1/t14-,17+,18+/m1/s1. The zero-order valence-corrected chi connectivity index (χ0v) is 12.6. The van der Waals surface area contributed by atoms with E-state index in [1.54, 1.807) is 0 Å². The molecule has 0 unspecified atom stereocenters. The molecule has 0 bridgehead atoms. The number of likely N-dealkylation sites (N-methyl/N-ethyl adjacent to an activating group) is 1. The SMILES string of the molecule is CCC[C@@H]1CC[C@@]2(C)C3=C(CCC3)CC[N@@+]2(C)C1. The maximum Gasteiger partial charge on any atom is 0.118 e. The van der Waals surface area contributed by atoms with Crippen LogP contribution in [0.2, 0.25) is 0 Å². The molecule has 1 saturated heterocycles. The van der Waals surface area contributed by atoms with E-state index in [0.717, 1.165) is 5.92 Å². The fraction of sp³-hybridized carbons (Fsp3) is 0.882. The number of rotatable bonds is 2. The molecule has 0 aromatic carbocycles. The lowest BCUT2D eigenvalue weighted by Gasteiger charge is -2.57. The first kappa shape index (κ1) is 12.7. The molecule has 3 atom stereocenters. The van der Waals surface area contributed by atoms with Gasteiger partial charge in [-0.2, -0.15) is 0 Å². The first-order valence-corrected chi connectivity index (χ1v) is 8.15. The fourth-order valence-corrected chi connectivity index (χ4v) is 5.19. The summed E-state index contributed by atoms with van der Waals surface area (Å²) in [4.78, 5) is 0. The number of hydrogen-bond donors (Lipinski definition) is 0. The highest BCUT2D eigenvalue weighted by Gasteiger charge is 2.54. The van der Waals surface area contributed by atoms with Gasteiger partial charge in [0.05, 0.1) is 20.1 Å². The van der Waals surface area contributed by atoms with Crippen molar-refractivity contribution in [3.05, 3.63) is 11.1 Å². The Morgan fingerprint density at radius 2 is 2.11 bits per heavy atom. The van der Waals surface area contributed by atoms with Crippen molar-refractivity contribution in [3.63, 3.8) is 0 Å². The Balaban J connectivity index is 1.89. The first-order chi connectivity index (χ1) is 8.59. The van der Waals surface area contributed by atoms with E-state index in [1.165, 1.54) is 68.9 Å². The maximum atomic E-state index is 2.59. The van der Waals surface area contributed by atoms with Crippen LogP contribution in [0.1, 0.15) is 65.2 Å². The normalized spacial score (nSPS) is 43.8. The Morgan fingerprint density at radius 3 is 2.89 bits per heavy atom. The van der Waals surface area contributed by atoms with Gasteiger partial charge in [0.2, 0.25) is 0 Å². The predicted molar refractivity (Wildman–Crippen MR) is 77.4 cm³/mol. The Kier molecular flexibility index (Phi) is 3.09. The first-order valence-electron chi connectivity index (χ1n) is 8.15. The maximum absolute atomic E-state index is 2.59. The van der Waals surface area contributed by atoms with Crippen molar-refractivity contribution in [1.29, 1.82) is 0 Å². The van der Waals surface area contributed by atoms with Crippen molar-refractivity contribution in [3.8, 4) is 0 Å². The molecule has 0 aromatic rings. The minimum Gasteiger partial charge on any atom is -0.317 e. The molecule has 18 heavy (non-hydrogen) atoms. The van der Waals surface area contributed by atoms with Gasteiger partial charge in [0, 0.05) is 18.8 Å².